The highest BCUT2D eigenvalue weighted by atomic mass is 32.1. The van der Waals surface area contributed by atoms with Crippen LogP contribution in [0, 0.1) is 0 Å². The zero-order chi connectivity index (χ0) is 16.5. The summed E-state index contributed by atoms with van der Waals surface area (Å²) in [6.07, 6.45) is 1.47. The third-order valence-electron chi connectivity index (χ3n) is 3.46. The normalized spacial score (nSPS) is 12.2. The molecule has 120 valence electrons. The Kier molecular flexibility index (Phi) is 3.51. The fourth-order valence-electron chi connectivity index (χ4n) is 2.28. The molecule has 0 saturated heterocycles. The predicted molar refractivity (Wildman–Crippen MR) is 88.7 cm³/mol. The number of hydrogen-bond acceptors (Lipinski definition) is 6. The van der Waals surface area contributed by atoms with E-state index in [0.29, 0.717) is 22.3 Å². The van der Waals surface area contributed by atoms with E-state index in [1.807, 2.05) is 23.6 Å². The smallest absolute Gasteiger partial charge is 0.263 e. The molecule has 1 amide bonds. The molecule has 1 aliphatic heterocycles. The summed E-state index contributed by atoms with van der Waals surface area (Å²) in [5.74, 6) is 0.871. The second kappa shape index (κ2) is 5.82. The molecule has 2 aromatic heterocycles. The van der Waals surface area contributed by atoms with Crippen LogP contribution >= 0.6 is 11.3 Å². The number of pyridine rings is 1. The highest BCUT2D eigenvalue weighted by Crippen LogP contribution is 2.36. The van der Waals surface area contributed by atoms with Crippen LogP contribution in [0.25, 0.3) is 11.3 Å². The first kappa shape index (κ1) is 14.5. The van der Waals surface area contributed by atoms with Crippen LogP contribution in [0.2, 0.25) is 0 Å². The van der Waals surface area contributed by atoms with E-state index < -0.39 is 11.5 Å². The number of thiazole rings is 1. The van der Waals surface area contributed by atoms with E-state index in [4.69, 9.17) is 9.47 Å². The van der Waals surface area contributed by atoms with Gasteiger partial charge in [0.05, 0.1) is 5.69 Å². The van der Waals surface area contributed by atoms with Crippen molar-refractivity contribution >= 4 is 22.4 Å². The van der Waals surface area contributed by atoms with Crippen LogP contribution in [0.15, 0.2) is 46.7 Å². The zero-order valence-electron chi connectivity index (χ0n) is 12.2. The first-order valence-corrected chi connectivity index (χ1v) is 7.93. The topological polar surface area (TPSA) is 93.3 Å². The Bertz CT molecular complexity index is 979. The van der Waals surface area contributed by atoms with Crippen molar-refractivity contribution in [3.63, 3.8) is 0 Å². The molecule has 0 aliphatic carbocycles. The molecule has 3 aromatic rings. The van der Waals surface area contributed by atoms with E-state index >= 15 is 0 Å². The van der Waals surface area contributed by atoms with Crippen LogP contribution < -0.4 is 20.3 Å². The third kappa shape index (κ3) is 2.63. The van der Waals surface area contributed by atoms with E-state index in [2.05, 4.69) is 15.3 Å². The molecule has 0 atom stereocenters. The van der Waals surface area contributed by atoms with Crippen LogP contribution in [0.5, 0.6) is 11.5 Å². The quantitative estimate of drug-likeness (QED) is 0.763. The van der Waals surface area contributed by atoms with Crippen LogP contribution in [-0.4, -0.2) is 22.7 Å². The number of carbonyl (C=O) groups excluding carboxylic acids is 1. The van der Waals surface area contributed by atoms with E-state index in [1.165, 1.54) is 23.6 Å². The van der Waals surface area contributed by atoms with Gasteiger partial charge < -0.3 is 14.5 Å². The Balaban J connectivity index is 1.56. The minimum atomic E-state index is -0.497. The molecular formula is C16H11N3O4S. The molecule has 0 unspecified atom stereocenters. The summed E-state index contributed by atoms with van der Waals surface area (Å²) in [6, 6.07) is 8.58. The van der Waals surface area contributed by atoms with Crippen LogP contribution in [0.4, 0.5) is 5.13 Å². The van der Waals surface area contributed by atoms with Gasteiger partial charge in [0.25, 0.3) is 11.5 Å². The lowest BCUT2D eigenvalue weighted by Crippen LogP contribution is -2.22. The number of aromatic amines is 1. The number of nitrogens with one attached hydrogen (secondary N) is 2. The van der Waals surface area contributed by atoms with Gasteiger partial charge in [-0.05, 0) is 30.3 Å². The van der Waals surface area contributed by atoms with E-state index in [9.17, 15) is 9.59 Å². The van der Waals surface area contributed by atoms with Crippen molar-refractivity contribution in [1.29, 1.82) is 0 Å². The predicted octanol–water partition coefficient (Wildman–Crippen LogP) is 2.48. The summed E-state index contributed by atoms with van der Waals surface area (Å²) in [5, 5.41) is 4.87. The summed E-state index contributed by atoms with van der Waals surface area (Å²) >= 11 is 1.28. The van der Waals surface area contributed by atoms with E-state index in [-0.39, 0.29) is 12.4 Å². The first-order chi connectivity index (χ1) is 11.7. The average molecular weight is 341 g/mol. The number of rotatable bonds is 3. The maximum atomic E-state index is 12.1. The highest BCUT2D eigenvalue weighted by Gasteiger charge is 2.16. The largest absolute Gasteiger partial charge is 0.454 e. The number of ether oxygens (including phenoxy) is 2. The summed E-state index contributed by atoms with van der Waals surface area (Å²) in [6.45, 7) is 0.211. The average Bonchev–Trinajstić information content (AvgIpc) is 3.23. The van der Waals surface area contributed by atoms with Gasteiger partial charge in [-0.1, -0.05) is 0 Å². The molecule has 4 rings (SSSR count). The van der Waals surface area contributed by atoms with Gasteiger partial charge in [-0.15, -0.1) is 11.3 Å². The summed E-state index contributed by atoms with van der Waals surface area (Å²) in [4.78, 5) is 30.6. The molecular weight excluding hydrogens is 330 g/mol. The Morgan fingerprint density at radius 3 is 3.00 bits per heavy atom. The Labute approximate surface area is 139 Å². The van der Waals surface area contributed by atoms with Gasteiger partial charge >= 0.3 is 0 Å². The number of carbonyl (C=O) groups is 1. The van der Waals surface area contributed by atoms with Crippen molar-refractivity contribution in [2.24, 2.45) is 0 Å². The van der Waals surface area contributed by atoms with Gasteiger partial charge in [0, 0.05) is 17.1 Å². The number of H-pyrrole nitrogens is 1. The van der Waals surface area contributed by atoms with Gasteiger partial charge in [-0.2, -0.15) is 0 Å². The number of fused-ring (bicyclic) bond motifs is 1. The number of nitrogens with zero attached hydrogens (tertiary/aromatic N) is 1. The zero-order valence-corrected chi connectivity index (χ0v) is 13.1. The van der Waals surface area contributed by atoms with Crippen molar-refractivity contribution < 1.29 is 14.3 Å². The molecule has 0 saturated carbocycles. The number of anilines is 1. The molecule has 0 radical (unpaired) electrons. The number of hydrogen-bond donors (Lipinski definition) is 2. The van der Waals surface area contributed by atoms with Crippen molar-refractivity contribution in [2.45, 2.75) is 0 Å². The van der Waals surface area contributed by atoms with Crippen molar-refractivity contribution in [2.75, 3.05) is 12.1 Å². The van der Waals surface area contributed by atoms with Gasteiger partial charge in [-0.3, -0.25) is 14.9 Å². The fraction of sp³-hybridized carbons (Fsp3) is 0.0625. The number of aromatic nitrogens is 2. The lowest BCUT2D eigenvalue weighted by Gasteiger charge is -2.01. The summed E-state index contributed by atoms with van der Waals surface area (Å²) < 4.78 is 10.6. The van der Waals surface area contributed by atoms with Crippen molar-refractivity contribution in [1.82, 2.24) is 9.97 Å². The van der Waals surface area contributed by atoms with Crippen LogP contribution in [0.3, 0.4) is 0 Å². The molecule has 0 fully saturated rings. The van der Waals surface area contributed by atoms with Crippen molar-refractivity contribution in [3.8, 4) is 22.8 Å². The van der Waals surface area contributed by atoms with E-state index in [1.54, 1.807) is 6.07 Å². The monoisotopic (exact) mass is 341 g/mol. The van der Waals surface area contributed by atoms with Crippen molar-refractivity contribution in [3.05, 3.63) is 57.8 Å². The standard InChI is InChI=1S/C16H11N3O4S/c20-14-10(2-1-5-17-14)15(21)19-16-18-11(7-24-16)9-3-4-12-13(6-9)23-8-22-12/h1-7H,8H2,(H,17,20)(H,18,19,21). The second-order valence-electron chi connectivity index (χ2n) is 4.97. The first-order valence-electron chi connectivity index (χ1n) is 7.05. The molecule has 0 spiro atoms. The van der Waals surface area contributed by atoms with Gasteiger partial charge in [-0.25, -0.2) is 4.98 Å². The van der Waals surface area contributed by atoms with Gasteiger partial charge in [0.2, 0.25) is 6.79 Å². The second-order valence-corrected chi connectivity index (χ2v) is 5.83. The molecule has 2 N–H and O–H groups in total. The molecule has 3 heterocycles. The minimum absolute atomic E-state index is 0.0392. The Hall–Kier alpha value is -3.13. The molecule has 8 heteroatoms. The maximum absolute atomic E-state index is 12.1. The van der Waals surface area contributed by atoms with E-state index in [0.717, 1.165) is 5.56 Å². The SMILES string of the molecule is O=C(Nc1nc(-c2ccc3c(c2)OCO3)cs1)c1ccc[nH]c1=O. The maximum Gasteiger partial charge on any atom is 0.263 e. The lowest BCUT2D eigenvalue weighted by atomic mass is 10.1. The molecule has 0 bridgehead atoms. The Morgan fingerprint density at radius 2 is 2.12 bits per heavy atom. The number of benzene rings is 1. The summed E-state index contributed by atoms with van der Waals surface area (Å²) in [7, 11) is 0. The third-order valence-corrected chi connectivity index (χ3v) is 4.21. The van der Waals surface area contributed by atoms with Gasteiger partial charge in [0.1, 0.15) is 5.56 Å². The molecule has 7 nitrogen and oxygen atoms in total. The number of amides is 1. The Morgan fingerprint density at radius 1 is 1.25 bits per heavy atom. The summed E-state index contributed by atoms with van der Waals surface area (Å²) in [5.41, 5.74) is 1.16. The fourth-order valence-corrected chi connectivity index (χ4v) is 3.00. The lowest BCUT2D eigenvalue weighted by molar-refractivity contribution is 0.102. The molecule has 1 aliphatic rings. The minimum Gasteiger partial charge on any atom is -0.454 e. The van der Waals surface area contributed by atoms with Crippen LogP contribution in [0.1, 0.15) is 10.4 Å². The highest BCUT2D eigenvalue weighted by molar-refractivity contribution is 7.14. The molecule has 1 aromatic carbocycles. The van der Waals surface area contributed by atoms with Gasteiger partial charge in [0.15, 0.2) is 16.6 Å². The molecule has 24 heavy (non-hydrogen) atoms. The van der Waals surface area contributed by atoms with Crippen LogP contribution in [-0.2, 0) is 0 Å².